The Labute approximate surface area is 262 Å². The van der Waals surface area contributed by atoms with Crippen LogP contribution in [0.1, 0.15) is 66.2 Å². The summed E-state index contributed by atoms with van der Waals surface area (Å²) in [5.41, 5.74) is -1.55. The quantitative estimate of drug-likeness (QED) is 0.210. The van der Waals surface area contributed by atoms with Crippen LogP contribution in [0, 0.1) is 40.4 Å². The number of ether oxygens (including phenoxy) is 4. The third-order valence-electron chi connectivity index (χ3n) is 12.4. The van der Waals surface area contributed by atoms with E-state index in [9.17, 15) is 30.6 Å². The zero-order valence-corrected chi connectivity index (χ0v) is 27.2. The molecule has 4 fully saturated rings. The SMILES string of the molecule is CO[C@@H]1[C@@H](OC)[C@H](O[C@@H]2C=C3[C@H](O)C[C@@]4(O)[C@@H]5[C@@H](O)[C@H](O)[C@H]([C@H](C)/C=C/C(C)CCO)[C@@]5(C)CC[C@@H]4[C@@]3(C)CC2)OC[C@H]1O. The van der Waals surface area contributed by atoms with Gasteiger partial charge in [-0.25, -0.2) is 0 Å². The van der Waals surface area contributed by atoms with Crippen molar-refractivity contribution in [1.29, 1.82) is 0 Å². The van der Waals surface area contributed by atoms with Crippen LogP contribution >= 0.6 is 0 Å². The predicted molar refractivity (Wildman–Crippen MR) is 162 cm³/mol. The molecule has 1 unspecified atom stereocenters. The molecule has 5 aliphatic rings. The van der Waals surface area contributed by atoms with E-state index < -0.39 is 65.3 Å². The highest BCUT2D eigenvalue weighted by Crippen LogP contribution is 2.69. The lowest BCUT2D eigenvalue weighted by Crippen LogP contribution is -2.66. The van der Waals surface area contributed by atoms with Gasteiger partial charge in [-0.05, 0) is 72.2 Å². The number of hydrogen-bond donors (Lipinski definition) is 6. The smallest absolute Gasteiger partial charge is 0.187 e. The van der Waals surface area contributed by atoms with Gasteiger partial charge in [-0.3, -0.25) is 0 Å². The Morgan fingerprint density at radius 2 is 1.70 bits per heavy atom. The molecule has 6 N–H and O–H groups in total. The van der Waals surface area contributed by atoms with Gasteiger partial charge in [0.1, 0.15) is 18.3 Å². The molecule has 1 heterocycles. The number of aliphatic hydroxyl groups is 6. The summed E-state index contributed by atoms with van der Waals surface area (Å²) in [6.45, 7) is 8.50. The molecule has 1 aliphatic heterocycles. The van der Waals surface area contributed by atoms with Crippen molar-refractivity contribution in [3.8, 4) is 0 Å². The van der Waals surface area contributed by atoms with Crippen molar-refractivity contribution in [1.82, 2.24) is 0 Å². The Morgan fingerprint density at radius 3 is 2.36 bits per heavy atom. The molecule has 3 saturated carbocycles. The van der Waals surface area contributed by atoms with Crippen LogP contribution in [0.15, 0.2) is 23.8 Å². The second-order valence-corrected chi connectivity index (χ2v) is 14.9. The lowest BCUT2D eigenvalue weighted by molar-refractivity contribution is -0.289. The Balaban J connectivity index is 1.39. The summed E-state index contributed by atoms with van der Waals surface area (Å²) in [6, 6.07) is 0. The Kier molecular flexibility index (Phi) is 10.1. The number of allylic oxidation sites excluding steroid dienone is 2. The van der Waals surface area contributed by atoms with Crippen LogP contribution in [0.3, 0.4) is 0 Å². The van der Waals surface area contributed by atoms with E-state index in [1.54, 1.807) is 0 Å². The van der Waals surface area contributed by atoms with Gasteiger partial charge in [0.2, 0.25) is 0 Å². The maximum atomic E-state index is 12.6. The molecule has 1 saturated heterocycles. The molecule has 5 rings (SSSR count). The molecule has 16 atom stereocenters. The zero-order chi connectivity index (χ0) is 32.2. The van der Waals surface area contributed by atoms with Crippen molar-refractivity contribution in [3.05, 3.63) is 23.8 Å². The molecule has 44 heavy (non-hydrogen) atoms. The number of methoxy groups -OCH3 is 2. The maximum Gasteiger partial charge on any atom is 0.187 e. The largest absolute Gasteiger partial charge is 0.396 e. The third kappa shape index (κ3) is 5.55. The minimum atomic E-state index is -1.36. The van der Waals surface area contributed by atoms with Crippen LogP contribution in [0.25, 0.3) is 0 Å². The van der Waals surface area contributed by atoms with Gasteiger partial charge in [0.15, 0.2) is 6.29 Å². The van der Waals surface area contributed by atoms with E-state index in [4.69, 9.17) is 18.9 Å². The molecule has 0 aromatic carbocycles. The first-order chi connectivity index (χ1) is 20.8. The highest BCUT2D eigenvalue weighted by Gasteiger charge is 2.72. The molecule has 0 amide bonds. The lowest BCUT2D eigenvalue weighted by Gasteiger charge is -2.63. The second kappa shape index (κ2) is 12.9. The fraction of sp³-hybridized carbons (Fsp3) is 0.882. The summed E-state index contributed by atoms with van der Waals surface area (Å²) in [6.07, 6.45) is 3.48. The van der Waals surface area contributed by atoms with Crippen LogP contribution < -0.4 is 0 Å². The van der Waals surface area contributed by atoms with E-state index in [1.165, 1.54) is 14.2 Å². The van der Waals surface area contributed by atoms with Crippen LogP contribution in [-0.4, -0.2) is 113 Å². The number of fused-ring (bicyclic) bond motifs is 5. The van der Waals surface area contributed by atoms with Crippen molar-refractivity contribution in [3.63, 3.8) is 0 Å². The van der Waals surface area contributed by atoms with Gasteiger partial charge in [-0.2, -0.15) is 0 Å². The minimum absolute atomic E-state index is 0.0418. The zero-order valence-electron chi connectivity index (χ0n) is 27.2. The number of hydrogen-bond acceptors (Lipinski definition) is 10. The van der Waals surface area contributed by atoms with Crippen LogP contribution in [0.5, 0.6) is 0 Å². The normalized spacial score (nSPS) is 50.5. The van der Waals surface area contributed by atoms with Crippen LogP contribution in [0.4, 0.5) is 0 Å². The standard InChI is InChI=1S/C34H56O10/c1-18(11-14-35)7-8-19(2)25-26(38)27(39)30-33(25,4)13-10-24-32(3)12-9-20(15-21(32)22(36)16-34(24,30)40)44-31-29(42-6)28(41-5)23(37)17-43-31/h7-8,15,18-20,22-31,35-40H,9-14,16-17H2,1-6H3/b8-7+/t18?,19-,20+,22-,23-,24-,25+,26-,27+,28+,29-,30-,31+,32+,33-,34+/m1/s1. The second-order valence-electron chi connectivity index (χ2n) is 14.9. The van der Waals surface area contributed by atoms with Crippen molar-refractivity contribution >= 4 is 0 Å². The van der Waals surface area contributed by atoms with Gasteiger partial charge in [0.05, 0.1) is 36.6 Å². The monoisotopic (exact) mass is 624 g/mol. The summed E-state index contributed by atoms with van der Waals surface area (Å²) in [4.78, 5) is 0. The van der Waals surface area contributed by atoms with E-state index in [0.29, 0.717) is 25.7 Å². The average molecular weight is 625 g/mol. The predicted octanol–water partition coefficient (Wildman–Crippen LogP) is 1.94. The molecular weight excluding hydrogens is 568 g/mol. The molecule has 0 spiro atoms. The van der Waals surface area contributed by atoms with Crippen LogP contribution in [-0.2, 0) is 18.9 Å². The van der Waals surface area contributed by atoms with E-state index in [1.807, 2.05) is 13.0 Å². The average Bonchev–Trinajstić information content (AvgIpc) is 3.18. The maximum absolute atomic E-state index is 12.6. The van der Waals surface area contributed by atoms with Crippen molar-refractivity contribution in [2.75, 3.05) is 27.4 Å². The summed E-state index contributed by atoms with van der Waals surface area (Å²) < 4.78 is 23.2. The minimum Gasteiger partial charge on any atom is -0.396 e. The lowest BCUT2D eigenvalue weighted by atomic mass is 9.43. The molecule has 4 aliphatic carbocycles. The number of aliphatic hydroxyl groups excluding tert-OH is 5. The highest BCUT2D eigenvalue weighted by molar-refractivity contribution is 5.33. The molecule has 0 bridgehead atoms. The van der Waals surface area contributed by atoms with E-state index in [-0.39, 0.29) is 49.4 Å². The summed E-state index contributed by atoms with van der Waals surface area (Å²) >= 11 is 0. The molecule has 10 heteroatoms. The molecule has 0 radical (unpaired) electrons. The molecule has 0 aromatic rings. The Hall–Kier alpha value is -0.920. The summed E-state index contributed by atoms with van der Waals surface area (Å²) in [5.74, 6) is -0.887. The van der Waals surface area contributed by atoms with E-state index in [2.05, 4.69) is 32.9 Å². The van der Waals surface area contributed by atoms with E-state index in [0.717, 1.165) is 12.0 Å². The van der Waals surface area contributed by atoms with Gasteiger partial charge in [0, 0.05) is 33.2 Å². The first-order valence-electron chi connectivity index (χ1n) is 16.6. The molecule has 10 nitrogen and oxygen atoms in total. The van der Waals surface area contributed by atoms with Crippen LogP contribution in [0.2, 0.25) is 0 Å². The van der Waals surface area contributed by atoms with Gasteiger partial charge in [-0.1, -0.05) is 45.9 Å². The first-order valence-corrected chi connectivity index (χ1v) is 16.6. The van der Waals surface area contributed by atoms with Crippen molar-refractivity contribution in [2.45, 2.75) is 121 Å². The van der Waals surface area contributed by atoms with Crippen molar-refractivity contribution < 1.29 is 49.6 Å². The fourth-order valence-corrected chi connectivity index (χ4v) is 10.4. The Bertz CT molecular complexity index is 1070. The molecule has 0 aromatic heterocycles. The van der Waals surface area contributed by atoms with Crippen molar-refractivity contribution in [2.24, 2.45) is 40.4 Å². The topological polar surface area (TPSA) is 158 Å². The number of rotatable bonds is 9. The van der Waals surface area contributed by atoms with E-state index >= 15 is 0 Å². The van der Waals surface area contributed by atoms with Gasteiger partial charge in [0.25, 0.3) is 0 Å². The summed E-state index contributed by atoms with van der Waals surface area (Å²) in [5, 5.41) is 67.0. The fourth-order valence-electron chi connectivity index (χ4n) is 10.4. The third-order valence-corrected chi connectivity index (χ3v) is 12.4. The summed E-state index contributed by atoms with van der Waals surface area (Å²) in [7, 11) is 3.05. The van der Waals surface area contributed by atoms with Gasteiger partial charge in [-0.15, -0.1) is 0 Å². The Morgan fingerprint density at radius 1 is 1.00 bits per heavy atom. The highest BCUT2D eigenvalue weighted by atomic mass is 16.7. The molecular formula is C34H56O10. The first kappa shape index (κ1) is 34.4. The molecule has 252 valence electrons. The van der Waals surface area contributed by atoms with Gasteiger partial charge < -0.3 is 49.6 Å². The van der Waals surface area contributed by atoms with Gasteiger partial charge >= 0.3 is 0 Å².